The number of nitrogens with zero attached hydrogens (tertiary/aromatic N) is 2. The Morgan fingerprint density at radius 2 is 1.75 bits per heavy atom. The minimum atomic E-state index is -0.412. The van der Waals surface area contributed by atoms with Gasteiger partial charge in [-0.2, -0.15) is 0 Å². The van der Waals surface area contributed by atoms with Gasteiger partial charge in [-0.25, -0.2) is 4.79 Å². The number of methoxy groups -OCH3 is 1. The Bertz CT molecular complexity index is 855. The summed E-state index contributed by atoms with van der Waals surface area (Å²) in [6, 6.07) is 8.61. The van der Waals surface area contributed by atoms with Crippen LogP contribution >= 0.6 is 0 Å². The standard InChI is InChI=1S/C22H29N3O3/c1-15-6-8-18(9-7-15)14-24-10-5-11-25(13-12-24)21(26)20-16(2)19(17(3)23-20)22(27)28-4/h6-9,23H,5,10-14H2,1-4H3. The lowest BCUT2D eigenvalue weighted by Gasteiger charge is -2.22. The molecule has 1 amide bonds. The molecule has 1 N–H and O–H groups in total. The highest BCUT2D eigenvalue weighted by atomic mass is 16.5. The van der Waals surface area contributed by atoms with Crippen molar-refractivity contribution in [2.24, 2.45) is 0 Å². The van der Waals surface area contributed by atoms with Crippen LogP contribution < -0.4 is 0 Å². The zero-order valence-electron chi connectivity index (χ0n) is 17.2. The van der Waals surface area contributed by atoms with Gasteiger partial charge in [0.15, 0.2) is 0 Å². The van der Waals surface area contributed by atoms with Crippen LogP contribution in [-0.2, 0) is 11.3 Å². The number of benzene rings is 1. The van der Waals surface area contributed by atoms with E-state index < -0.39 is 5.97 Å². The summed E-state index contributed by atoms with van der Waals surface area (Å²) in [5.74, 6) is -0.460. The molecule has 1 aromatic carbocycles. The highest BCUT2D eigenvalue weighted by Crippen LogP contribution is 2.21. The number of carbonyl (C=O) groups is 2. The molecule has 0 atom stereocenters. The molecule has 1 fully saturated rings. The molecule has 1 saturated heterocycles. The van der Waals surface area contributed by atoms with E-state index in [1.54, 1.807) is 13.8 Å². The number of aromatic amines is 1. The van der Waals surface area contributed by atoms with E-state index in [0.717, 1.165) is 26.1 Å². The first-order valence-corrected chi connectivity index (χ1v) is 9.75. The van der Waals surface area contributed by atoms with Crippen molar-refractivity contribution in [3.05, 3.63) is 57.9 Å². The van der Waals surface area contributed by atoms with Gasteiger partial charge in [0.2, 0.25) is 0 Å². The number of aromatic nitrogens is 1. The van der Waals surface area contributed by atoms with Crippen molar-refractivity contribution >= 4 is 11.9 Å². The van der Waals surface area contributed by atoms with E-state index in [0.29, 0.717) is 35.6 Å². The number of amides is 1. The van der Waals surface area contributed by atoms with Gasteiger partial charge in [-0.05, 0) is 38.3 Å². The van der Waals surface area contributed by atoms with E-state index in [9.17, 15) is 9.59 Å². The van der Waals surface area contributed by atoms with E-state index in [-0.39, 0.29) is 5.91 Å². The third kappa shape index (κ3) is 4.28. The number of H-pyrrole nitrogens is 1. The average molecular weight is 383 g/mol. The van der Waals surface area contributed by atoms with Crippen LogP contribution in [0.5, 0.6) is 0 Å². The van der Waals surface area contributed by atoms with Crippen molar-refractivity contribution in [1.29, 1.82) is 0 Å². The molecule has 0 bridgehead atoms. The molecule has 0 spiro atoms. The first kappa shape index (κ1) is 20.1. The third-order valence-electron chi connectivity index (χ3n) is 5.44. The molecule has 1 aliphatic rings. The highest BCUT2D eigenvalue weighted by molar-refractivity contribution is 6.00. The zero-order chi connectivity index (χ0) is 20.3. The summed E-state index contributed by atoms with van der Waals surface area (Å²) in [6.45, 7) is 9.77. The van der Waals surface area contributed by atoms with Crippen LogP contribution in [0.25, 0.3) is 0 Å². The van der Waals surface area contributed by atoms with Crippen molar-refractivity contribution in [3.63, 3.8) is 0 Å². The summed E-state index contributed by atoms with van der Waals surface area (Å²) in [4.78, 5) is 32.4. The second-order valence-corrected chi connectivity index (χ2v) is 7.52. The maximum Gasteiger partial charge on any atom is 0.339 e. The monoisotopic (exact) mass is 383 g/mol. The van der Waals surface area contributed by atoms with E-state index in [2.05, 4.69) is 41.1 Å². The molecule has 28 heavy (non-hydrogen) atoms. The first-order chi connectivity index (χ1) is 13.4. The minimum absolute atomic E-state index is 0.0482. The number of aryl methyl sites for hydroxylation is 2. The van der Waals surface area contributed by atoms with Crippen molar-refractivity contribution in [3.8, 4) is 0 Å². The van der Waals surface area contributed by atoms with Crippen LogP contribution in [0.1, 0.15) is 49.7 Å². The predicted molar refractivity (Wildman–Crippen MR) is 109 cm³/mol. The summed E-state index contributed by atoms with van der Waals surface area (Å²) < 4.78 is 4.84. The van der Waals surface area contributed by atoms with Crippen LogP contribution in [0.4, 0.5) is 0 Å². The van der Waals surface area contributed by atoms with Crippen molar-refractivity contribution in [2.75, 3.05) is 33.3 Å². The number of nitrogens with one attached hydrogen (secondary N) is 1. The van der Waals surface area contributed by atoms with E-state index >= 15 is 0 Å². The Hall–Kier alpha value is -2.60. The van der Waals surface area contributed by atoms with Crippen LogP contribution in [-0.4, -0.2) is 59.9 Å². The van der Waals surface area contributed by atoms with Gasteiger partial charge in [-0.15, -0.1) is 0 Å². The zero-order valence-corrected chi connectivity index (χ0v) is 17.2. The molecule has 1 aromatic heterocycles. The lowest BCUT2D eigenvalue weighted by atomic mass is 10.1. The molecule has 150 valence electrons. The van der Waals surface area contributed by atoms with Crippen LogP contribution in [0.2, 0.25) is 0 Å². The topological polar surface area (TPSA) is 65.6 Å². The van der Waals surface area contributed by atoms with Gasteiger partial charge in [0.05, 0.1) is 12.7 Å². The minimum Gasteiger partial charge on any atom is -0.465 e. The highest BCUT2D eigenvalue weighted by Gasteiger charge is 2.27. The van der Waals surface area contributed by atoms with Crippen molar-refractivity contribution < 1.29 is 14.3 Å². The summed E-state index contributed by atoms with van der Waals surface area (Å²) in [6.07, 6.45) is 0.931. The molecule has 0 unspecified atom stereocenters. The van der Waals surface area contributed by atoms with Gasteiger partial charge in [0, 0.05) is 38.4 Å². The number of hydrogen-bond donors (Lipinski definition) is 1. The second-order valence-electron chi connectivity index (χ2n) is 7.52. The summed E-state index contributed by atoms with van der Waals surface area (Å²) in [7, 11) is 1.35. The van der Waals surface area contributed by atoms with Crippen molar-refractivity contribution in [1.82, 2.24) is 14.8 Å². The maximum absolute atomic E-state index is 13.1. The predicted octanol–water partition coefficient (Wildman–Crippen LogP) is 3.07. The number of rotatable bonds is 4. The Balaban J connectivity index is 1.67. The lowest BCUT2D eigenvalue weighted by molar-refractivity contribution is 0.0599. The Morgan fingerprint density at radius 3 is 2.43 bits per heavy atom. The molecular weight excluding hydrogens is 354 g/mol. The number of hydrogen-bond acceptors (Lipinski definition) is 4. The fourth-order valence-corrected chi connectivity index (χ4v) is 3.81. The van der Waals surface area contributed by atoms with E-state index in [4.69, 9.17) is 4.74 Å². The fraction of sp³-hybridized carbons (Fsp3) is 0.455. The van der Waals surface area contributed by atoms with Gasteiger partial charge in [-0.1, -0.05) is 29.8 Å². The SMILES string of the molecule is COC(=O)c1c(C)[nH]c(C(=O)N2CCCN(Cc3ccc(C)cc3)CC2)c1C. The van der Waals surface area contributed by atoms with Gasteiger partial charge in [0.1, 0.15) is 5.69 Å². The van der Waals surface area contributed by atoms with Crippen LogP contribution in [0.15, 0.2) is 24.3 Å². The quantitative estimate of drug-likeness (QED) is 0.824. The van der Waals surface area contributed by atoms with Gasteiger partial charge < -0.3 is 14.6 Å². The maximum atomic E-state index is 13.1. The van der Waals surface area contributed by atoms with Gasteiger partial charge in [-0.3, -0.25) is 9.69 Å². The molecule has 0 aliphatic carbocycles. The number of esters is 1. The van der Waals surface area contributed by atoms with Gasteiger partial charge >= 0.3 is 5.97 Å². The Labute approximate surface area is 166 Å². The molecule has 2 heterocycles. The molecule has 0 saturated carbocycles. The Morgan fingerprint density at radius 1 is 1.04 bits per heavy atom. The van der Waals surface area contributed by atoms with Crippen molar-refractivity contribution in [2.45, 2.75) is 33.7 Å². The third-order valence-corrected chi connectivity index (χ3v) is 5.44. The molecule has 2 aromatic rings. The second kappa shape index (κ2) is 8.61. The normalized spacial score (nSPS) is 15.4. The van der Waals surface area contributed by atoms with Crippen LogP contribution in [0.3, 0.4) is 0 Å². The smallest absolute Gasteiger partial charge is 0.339 e. The van der Waals surface area contributed by atoms with Crippen LogP contribution in [0, 0.1) is 20.8 Å². The molecule has 6 nitrogen and oxygen atoms in total. The largest absolute Gasteiger partial charge is 0.465 e. The Kier molecular flexibility index (Phi) is 6.19. The summed E-state index contributed by atoms with van der Waals surface area (Å²) in [5, 5.41) is 0. The molecule has 0 radical (unpaired) electrons. The first-order valence-electron chi connectivity index (χ1n) is 9.75. The molecular formula is C22H29N3O3. The number of ether oxygens (including phenoxy) is 1. The summed E-state index contributed by atoms with van der Waals surface area (Å²) >= 11 is 0. The number of carbonyl (C=O) groups excluding carboxylic acids is 2. The molecule has 1 aliphatic heterocycles. The van der Waals surface area contributed by atoms with E-state index in [1.807, 2.05) is 4.90 Å². The fourth-order valence-electron chi connectivity index (χ4n) is 3.81. The molecule has 6 heteroatoms. The summed E-state index contributed by atoms with van der Waals surface area (Å²) in [5.41, 5.74) is 4.84. The lowest BCUT2D eigenvalue weighted by Crippen LogP contribution is -2.35. The molecule has 3 rings (SSSR count). The average Bonchev–Trinajstić information content (AvgIpc) is 2.84. The van der Waals surface area contributed by atoms with Gasteiger partial charge in [0.25, 0.3) is 5.91 Å². The van der Waals surface area contributed by atoms with E-state index in [1.165, 1.54) is 18.2 Å².